The van der Waals surface area contributed by atoms with Crippen molar-refractivity contribution >= 4 is 5.91 Å². The predicted octanol–water partition coefficient (Wildman–Crippen LogP) is 3.63. The fourth-order valence-electron chi connectivity index (χ4n) is 2.94. The SMILES string of the molecule is O=C(NC1CCN(CC(F)(F)F)CC1)c1ccc(Oc2ccccc2)nc1. The molecule has 0 radical (unpaired) electrons. The number of halogens is 3. The smallest absolute Gasteiger partial charge is 0.401 e. The molecule has 3 rings (SSSR count). The summed E-state index contributed by atoms with van der Waals surface area (Å²) in [5, 5.41) is 2.86. The molecule has 2 heterocycles. The van der Waals surface area contributed by atoms with Crippen molar-refractivity contribution in [3.05, 3.63) is 54.2 Å². The quantitative estimate of drug-likeness (QED) is 0.862. The summed E-state index contributed by atoms with van der Waals surface area (Å²) in [7, 11) is 0. The van der Waals surface area contributed by atoms with Crippen molar-refractivity contribution in [2.75, 3.05) is 19.6 Å². The van der Waals surface area contributed by atoms with Gasteiger partial charge in [-0.3, -0.25) is 9.69 Å². The number of hydrogen-bond acceptors (Lipinski definition) is 4. The molecule has 1 aromatic carbocycles. The molecule has 1 aliphatic rings. The Kier molecular flexibility index (Phi) is 5.95. The number of amides is 1. The van der Waals surface area contributed by atoms with Crippen molar-refractivity contribution in [2.24, 2.45) is 0 Å². The molecule has 0 unspecified atom stereocenters. The van der Waals surface area contributed by atoms with Crippen molar-refractivity contribution in [1.82, 2.24) is 15.2 Å². The summed E-state index contributed by atoms with van der Waals surface area (Å²) in [5.74, 6) is 0.731. The molecule has 0 aliphatic carbocycles. The van der Waals surface area contributed by atoms with E-state index in [0.717, 1.165) is 0 Å². The maximum Gasteiger partial charge on any atom is 0.401 e. The first kappa shape index (κ1) is 19.2. The van der Waals surface area contributed by atoms with Gasteiger partial charge in [0.05, 0.1) is 12.1 Å². The van der Waals surface area contributed by atoms with Gasteiger partial charge in [-0.25, -0.2) is 4.98 Å². The third-order valence-corrected chi connectivity index (χ3v) is 4.29. The van der Waals surface area contributed by atoms with E-state index >= 15 is 0 Å². The minimum absolute atomic E-state index is 0.137. The molecule has 1 amide bonds. The average Bonchev–Trinajstić information content (AvgIpc) is 2.63. The van der Waals surface area contributed by atoms with Crippen molar-refractivity contribution < 1.29 is 22.7 Å². The van der Waals surface area contributed by atoms with Gasteiger partial charge in [-0.15, -0.1) is 0 Å². The number of benzene rings is 1. The third kappa shape index (κ3) is 5.96. The van der Waals surface area contributed by atoms with Crippen LogP contribution in [0.3, 0.4) is 0 Å². The lowest BCUT2D eigenvalue weighted by Crippen LogP contribution is -2.47. The number of para-hydroxylation sites is 1. The highest BCUT2D eigenvalue weighted by Crippen LogP contribution is 2.21. The summed E-state index contributed by atoms with van der Waals surface area (Å²) in [6.45, 7) is -0.278. The van der Waals surface area contributed by atoms with E-state index in [9.17, 15) is 18.0 Å². The zero-order chi connectivity index (χ0) is 19.3. The second kappa shape index (κ2) is 8.39. The molecular formula is C19H20F3N3O2. The van der Waals surface area contributed by atoms with Crippen LogP contribution in [0.25, 0.3) is 0 Å². The Hall–Kier alpha value is -2.61. The highest BCUT2D eigenvalue weighted by atomic mass is 19.4. The van der Waals surface area contributed by atoms with Gasteiger partial charge in [0.1, 0.15) is 5.75 Å². The number of ether oxygens (including phenoxy) is 1. The zero-order valence-corrected chi connectivity index (χ0v) is 14.6. The molecule has 0 bridgehead atoms. The van der Waals surface area contributed by atoms with Gasteiger partial charge in [-0.2, -0.15) is 13.2 Å². The van der Waals surface area contributed by atoms with Crippen LogP contribution in [-0.2, 0) is 0 Å². The van der Waals surface area contributed by atoms with E-state index in [1.165, 1.54) is 11.1 Å². The first-order chi connectivity index (χ1) is 12.9. The minimum atomic E-state index is -4.19. The van der Waals surface area contributed by atoms with E-state index in [4.69, 9.17) is 4.74 Å². The normalized spacial score (nSPS) is 16.1. The van der Waals surface area contributed by atoms with Gasteiger partial charge in [-0.1, -0.05) is 18.2 Å². The molecule has 144 valence electrons. The minimum Gasteiger partial charge on any atom is -0.439 e. The van der Waals surface area contributed by atoms with Gasteiger partial charge in [-0.05, 0) is 31.0 Å². The Morgan fingerprint density at radius 3 is 2.44 bits per heavy atom. The number of hydrogen-bond donors (Lipinski definition) is 1. The molecule has 0 spiro atoms. The van der Waals surface area contributed by atoms with Crippen LogP contribution in [0, 0.1) is 0 Å². The molecule has 5 nitrogen and oxygen atoms in total. The molecule has 1 N–H and O–H groups in total. The van der Waals surface area contributed by atoms with Crippen molar-refractivity contribution in [3.63, 3.8) is 0 Å². The number of rotatable bonds is 5. The first-order valence-corrected chi connectivity index (χ1v) is 8.68. The number of alkyl halides is 3. The number of nitrogens with zero attached hydrogens (tertiary/aromatic N) is 2. The molecule has 1 fully saturated rings. The van der Waals surface area contributed by atoms with E-state index < -0.39 is 12.7 Å². The lowest BCUT2D eigenvalue weighted by atomic mass is 10.0. The van der Waals surface area contributed by atoms with Crippen LogP contribution in [0.1, 0.15) is 23.2 Å². The van der Waals surface area contributed by atoms with Crippen LogP contribution < -0.4 is 10.1 Å². The molecule has 0 atom stereocenters. The van der Waals surface area contributed by atoms with E-state index in [2.05, 4.69) is 10.3 Å². The Morgan fingerprint density at radius 2 is 1.85 bits per heavy atom. The Balaban J connectivity index is 1.49. The molecular weight excluding hydrogens is 359 g/mol. The molecule has 1 aromatic heterocycles. The van der Waals surface area contributed by atoms with Gasteiger partial charge >= 0.3 is 6.18 Å². The van der Waals surface area contributed by atoms with Gasteiger partial charge in [0.25, 0.3) is 5.91 Å². The fraction of sp³-hybridized carbons (Fsp3) is 0.368. The van der Waals surface area contributed by atoms with E-state index in [1.807, 2.05) is 18.2 Å². The van der Waals surface area contributed by atoms with Crippen molar-refractivity contribution in [1.29, 1.82) is 0 Å². The molecule has 1 aliphatic heterocycles. The topological polar surface area (TPSA) is 54.5 Å². The van der Waals surface area contributed by atoms with E-state index in [1.54, 1.807) is 24.3 Å². The predicted molar refractivity (Wildman–Crippen MR) is 93.7 cm³/mol. The zero-order valence-electron chi connectivity index (χ0n) is 14.6. The number of carbonyl (C=O) groups is 1. The van der Waals surface area contributed by atoms with Crippen molar-refractivity contribution in [3.8, 4) is 11.6 Å². The summed E-state index contributed by atoms with van der Waals surface area (Å²) < 4.78 is 42.8. The van der Waals surface area contributed by atoms with Gasteiger partial charge in [0, 0.05) is 31.4 Å². The molecule has 0 saturated carbocycles. The van der Waals surface area contributed by atoms with Crippen LogP contribution in [0.2, 0.25) is 0 Å². The summed E-state index contributed by atoms with van der Waals surface area (Å²) in [6.07, 6.45) is -1.79. The number of piperidine rings is 1. The highest BCUT2D eigenvalue weighted by Gasteiger charge is 2.32. The molecule has 27 heavy (non-hydrogen) atoms. The van der Waals surface area contributed by atoms with Crippen LogP contribution in [0.5, 0.6) is 11.6 Å². The lowest BCUT2D eigenvalue weighted by Gasteiger charge is -2.32. The maximum atomic E-state index is 12.4. The second-order valence-electron chi connectivity index (χ2n) is 6.44. The number of pyridine rings is 1. The van der Waals surface area contributed by atoms with Crippen LogP contribution in [-0.4, -0.2) is 47.6 Å². The third-order valence-electron chi connectivity index (χ3n) is 4.29. The highest BCUT2D eigenvalue weighted by molar-refractivity contribution is 5.94. The monoisotopic (exact) mass is 379 g/mol. The second-order valence-corrected chi connectivity index (χ2v) is 6.44. The Labute approximate surface area is 155 Å². The van der Waals surface area contributed by atoms with Gasteiger partial charge in [0.15, 0.2) is 0 Å². The van der Waals surface area contributed by atoms with Gasteiger partial charge in [0.2, 0.25) is 5.88 Å². The largest absolute Gasteiger partial charge is 0.439 e. The average molecular weight is 379 g/mol. The standard InChI is InChI=1S/C19H20F3N3O2/c20-19(21,22)13-25-10-8-15(9-11-25)24-18(26)14-6-7-17(23-12-14)27-16-4-2-1-3-5-16/h1-7,12,15H,8-11,13H2,(H,24,26). The van der Waals surface area contributed by atoms with E-state index in [-0.39, 0.29) is 11.9 Å². The van der Waals surface area contributed by atoms with Crippen LogP contribution >= 0.6 is 0 Å². The molecule has 1 saturated heterocycles. The number of carbonyl (C=O) groups excluding carboxylic acids is 1. The number of likely N-dealkylation sites (tertiary alicyclic amines) is 1. The van der Waals surface area contributed by atoms with Gasteiger partial charge < -0.3 is 10.1 Å². The number of aromatic nitrogens is 1. The fourth-order valence-corrected chi connectivity index (χ4v) is 2.94. The Morgan fingerprint density at radius 1 is 1.15 bits per heavy atom. The van der Waals surface area contributed by atoms with E-state index in [0.29, 0.717) is 43.1 Å². The summed E-state index contributed by atoms with van der Waals surface area (Å²) in [6, 6.07) is 12.2. The van der Waals surface area contributed by atoms with Crippen molar-refractivity contribution in [2.45, 2.75) is 25.1 Å². The molecule has 8 heteroatoms. The molecule has 2 aromatic rings. The van der Waals surface area contributed by atoms with Crippen LogP contribution in [0.4, 0.5) is 13.2 Å². The summed E-state index contributed by atoms with van der Waals surface area (Å²) >= 11 is 0. The Bertz CT molecular complexity index is 743. The van der Waals surface area contributed by atoms with Crippen LogP contribution in [0.15, 0.2) is 48.7 Å². The summed E-state index contributed by atoms with van der Waals surface area (Å²) in [4.78, 5) is 17.8. The number of nitrogens with one attached hydrogen (secondary N) is 1. The first-order valence-electron chi connectivity index (χ1n) is 8.68. The summed E-state index contributed by atoms with van der Waals surface area (Å²) in [5.41, 5.74) is 0.383. The lowest BCUT2D eigenvalue weighted by molar-refractivity contribution is -0.148. The maximum absolute atomic E-state index is 12.4.